The number of aryl methyl sites for hydroxylation is 1. The van der Waals surface area contributed by atoms with E-state index in [2.05, 4.69) is 26.5 Å². The molecule has 0 atom stereocenters. The Morgan fingerprint density at radius 3 is 2.59 bits per heavy atom. The molecule has 0 spiro atoms. The summed E-state index contributed by atoms with van der Waals surface area (Å²) in [5, 5.41) is 6.02. The van der Waals surface area contributed by atoms with E-state index < -0.39 is 0 Å². The molecule has 1 amide bonds. The van der Waals surface area contributed by atoms with E-state index in [-0.39, 0.29) is 12.5 Å². The maximum atomic E-state index is 12.0. The summed E-state index contributed by atoms with van der Waals surface area (Å²) >= 11 is 3.42. The molecule has 0 bridgehead atoms. The van der Waals surface area contributed by atoms with Crippen molar-refractivity contribution in [3.05, 3.63) is 70.2 Å². The summed E-state index contributed by atoms with van der Waals surface area (Å²) in [6.07, 6.45) is 1.61. The Balaban J connectivity index is 1.64. The molecule has 138 valence electrons. The summed E-state index contributed by atoms with van der Waals surface area (Å²) in [5.74, 6) is 1.07. The Labute approximate surface area is 166 Å². The van der Waals surface area contributed by atoms with E-state index in [1.165, 1.54) is 0 Å². The van der Waals surface area contributed by atoms with E-state index in [1.807, 2.05) is 61.5 Å². The molecule has 0 heterocycles. The van der Waals surface area contributed by atoms with Crippen LogP contribution in [0.2, 0.25) is 0 Å². The quantitative estimate of drug-likeness (QED) is 0.467. The largest absolute Gasteiger partial charge is 0.496 e. The molecule has 6 heteroatoms. The van der Waals surface area contributed by atoms with Gasteiger partial charge in [0.1, 0.15) is 11.5 Å². The van der Waals surface area contributed by atoms with Crippen LogP contribution in [0, 0.1) is 6.92 Å². The van der Waals surface area contributed by atoms with E-state index in [9.17, 15) is 4.79 Å². The molecule has 0 fully saturated rings. The van der Waals surface area contributed by atoms with Crippen molar-refractivity contribution in [3.8, 4) is 11.5 Å². The van der Waals surface area contributed by atoms with Crippen molar-refractivity contribution in [2.75, 3.05) is 13.7 Å². The van der Waals surface area contributed by atoms with Crippen LogP contribution in [-0.4, -0.2) is 25.8 Å². The first-order valence-electron chi connectivity index (χ1n) is 8.35. The predicted octanol–water partition coefficient (Wildman–Crippen LogP) is 4.45. The summed E-state index contributed by atoms with van der Waals surface area (Å²) in [6, 6.07) is 17.3. The molecule has 0 aliphatic rings. The standard InChI is InChI=1S/C21H19BrN2O3/c1-14-7-9-20(18(22)11-14)27-13-21(25)24-23-12-15-8-10-19(26-2)17-6-4-3-5-16(15)17/h3-12H,13H2,1-2H3,(H,24,25). The van der Waals surface area contributed by atoms with Gasteiger partial charge in [-0.2, -0.15) is 5.10 Å². The number of hydrogen-bond acceptors (Lipinski definition) is 4. The van der Waals surface area contributed by atoms with Gasteiger partial charge < -0.3 is 9.47 Å². The number of nitrogens with zero attached hydrogens (tertiary/aromatic N) is 1. The van der Waals surface area contributed by atoms with Gasteiger partial charge in [0.15, 0.2) is 6.61 Å². The van der Waals surface area contributed by atoms with Crippen LogP contribution in [0.3, 0.4) is 0 Å². The molecular formula is C21H19BrN2O3. The molecule has 0 radical (unpaired) electrons. The minimum Gasteiger partial charge on any atom is -0.496 e. The monoisotopic (exact) mass is 426 g/mol. The zero-order valence-corrected chi connectivity index (χ0v) is 16.6. The number of ether oxygens (including phenoxy) is 2. The van der Waals surface area contributed by atoms with E-state index >= 15 is 0 Å². The van der Waals surface area contributed by atoms with Gasteiger partial charge >= 0.3 is 0 Å². The Morgan fingerprint density at radius 1 is 1.11 bits per heavy atom. The Kier molecular flexibility index (Phi) is 6.08. The molecule has 3 rings (SSSR count). The number of rotatable bonds is 6. The Morgan fingerprint density at radius 2 is 1.85 bits per heavy atom. The van der Waals surface area contributed by atoms with Gasteiger partial charge in [-0.1, -0.05) is 30.3 Å². The maximum absolute atomic E-state index is 12.0. The van der Waals surface area contributed by atoms with Crippen LogP contribution in [0.15, 0.2) is 64.2 Å². The minimum atomic E-state index is -0.337. The fourth-order valence-electron chi connectivity index (χ4n) is 2.66. The normalized spacial score (nSPS) is 10.9. The third-order valence-corrected chi connectivity index (χ3v) is 4.60. The number of hydrazone groups is 1. The van der Waals surface area contributed by atoms with Crippen LogP contribution in [0.1, 0.15) is 11.1 Å². The van der Waals surface area contributed by atoms with Gasteiger partial charge in [0, 0.05) is 10.9 Å². The minimum absolute atomic E-state index is 0.123. The Bertz CT molecular complexity index is 1000. The number of fused-ring (bicyclic) bond motifs is 1. The molecule has 0 aromatic heterocycles. The van der Waals surface area contributed by atoms with E-state index in [0.717, 1.165) is 32.1 Å². The molecule has 3 aromatic carbocycles. The topological polar surface area (TPSA) is 59.9 Å². The second-order valence-corrected chi connectivity index (χ2v) is 6.77. The molecule has 0 saturated heterocycles. The van der Waals surface area contributed by atoms with Gasteiger partial charge in [-0.05, 0) is 58.1 Å². The molecular weight excluding hydrogens is 408 g/mol. The zero-order valence-electron chi connectivity index (χ0n) is 15.0. The lowest BCUT2D eigenvalue weighted by molar-refractivity contribution is -0.123. The smallest absolute Gasteiger partial charge is 0.277 e. The van der Waals surface area contributed by atoms with Gasteiger partial charge in [0.25, 0.3) is 5.91 Å². The molecule has 0 unspecified atom stereocenters. The van der Waals surface area contributed by atoms with Crippen molar-refractivity contribution in [1.82, 2.24) is 5.43 Å². The first kappa shape index (κ1) is 18.9. The van der Waals surface area contributed by atoms with Gasteiger partial charge in [-0.15, -0.1) is 0 Å². The van der Waals surface area contributed by atoms with Crippen LogP contribution in [-0.2, 0) is 4.79 Å². The van der Waals surface area contributed by atoms with Crippen molar-refractivity contribution in [3.63, 3.8) is 0 Å². The number of benzene rings is 3. The summed E-state index contributed by atoms with van der Waals surface area (Å²) in [5.41, 5.74) is 4.47. The lowest BCUT2D eigenvalue weighted by atomic mass is 10.0. The van der Waals surface area contributed by atoms with Crippen molar-refractivity contribution < 1.29 is 14.3 Å². The first-order chi connectivity index (χ1) is 13.1. The summed E-state index contributed by atoms with van der Waals surface area (Å²) in [7, 11) is 1.64. The molecule has 0 aliphatic heterocycles. The maximum Gasteiger partial charge on any atom is 0.277 e. The third-order valence-electron chi connectivity index (χ3n) is 3.98. The number of halogens is 1. The van der Waals surface area contributed by atoms with Gasteiger partial charge in [0.05, 0.1) is 17.8 Å². The van der Waals surface area contributed by atoms with E-state index in [1.54, 1.807) is 13.3 Å². The van der Waals surface area contributed by atoms with Crippen molar-refractivity contribution in [2.45, 2.75) is 6.92 Å². The number of nitrogens with one attached hydrogen (secondary N) is 1. The van der Waals surface area contributed by atoms with Crippen LogP contribution in [0.25, 0.3) is 10.8 Å². The second-order valence-electron chi connectivity index (χ2n) is 5.92. The molecule has 5 nitrogen and oxygen atoms in total. The van der Waals surface area contributed by atoms with E-state index in [4.69, 9.17) is 9.47 Å². The fourth-order valence-corrected chi connectivity index (χ4v) is 3.27. The molecule has 3 aromatic rings. The number of amides is 1. The van der Waals surface area contributed by atoms with Crippen molar-refractivity contribution in [2.24, 2.45) is 5.10 Å². The van der Waals surface area contributed by atoms with Gasteiger partial charge in [-0.25, -0.2) is 5.43 Å². The molecule has 0 aliphatic carbocycles. The Hall–Kier alpha value is -2.86. The van der Waals surface area contributed by atoms with E-state index in [0.29, 0.717) is 5.75 Å². The number of hydrogen-bond donors (Lipinski definition) is 1. The van der Waals surface area contributed by atoms with Crippen LogP contribution >= 0.6 is 15.9 Å². The zero-order chi connectivity index (χ0) is 19.2. The highest BCUT2D eigenvalue weighted by Gasteiger charge is 2.06. The molecule has 27 heavy (non-hydrogen) atoms. The second kappa shape index (κ2) is 8.68. The highest BCUT2D eigenvalue weighted by atomic mass is 79.9. The highest BCUT2D eigenvalue weighted by Crippen LogP contribution is 2.27. The average Bonchev–Trinajstić information content (AvgIpc) is 2.67. The van der Waals surface area contributed by atoms with Gasteiger partial charge in [0.2, 0.25) is 0 Å². The lowest BCUT2D eigenvalue weighted by Crippen LogP contribution is -2.24. The van der Waals surface area contributed by atoms with Crippen molar-refractivity contribution >= 4 is 38.8 Å². The van der Waals surface area contributed by atoms with Crippen LogP contribution in [0.4, 0.5) is 0 Å². The molecule has 0 saturated carbocycles. The van der Waals surface area contributed by atoms with Gasteiger partial charge in [-0.3, -0.25) is 4.79 Å². The number of methoxy groups -OCH3 is 1. The predicted molar refractivity (Wildman–Crippen MR) is 111 cm³/mol. The van der Waals surface area contributed by atoms with Crippen LogP contribution < -0.4 is 14.9 Å². The SMILES string of the molecule is COc1ccc(C=NNC(=O)COc2ccc(C)cc2Br)c2ccccc12. The summed E-state index contributed by atoms with van der Waals surface area (Å²) in [6.45, 7) is 1.86. The average molecular weight is 427 g/mol. The van der Waals surface area contributed by atoms with Crippen LogP contribution in [0.5, 0.6) is 11.5 Å². The summed E-state index contributed by atoms with van der Waals surface area (Å²) < 4.78 is 11.7. The number of carbonyl (C=O) groups excluding carboxylic acids is 1. The van der Waals surface area contributed by atoms with Crippen molar-refractivity contribution in [1.29, 1.82) is 0 Å². The third kappa shape index (κ3) is 4.65. The summed E-state index contributed by atoms with van der Waals surface area (Å²) in [4.78, 5) is 12.0. The first-order valence-corrected chi connectivity index (χ1v) is 9.14. The lowest BCUT2D eigenvalue weighted by Gasteiger charge is -2.08. The number of carbonyl (C=O) groups is 1. The highest BCUT2D eigenvalue weighted by molar-refractivity contribution is 9.10. The molecule has 1 N–H and O–H groups in total. The fraction of sp³-hybridized carbons (Fsp3) is 0.143.